The third-order valence-electron chi connectivity index (χ3n) is 2.63. The van der Waals surface area contributed by atoms with Crippen molar-refractivity contribution >= 4 is 11.7 Å². The molecule has 0 aliphatic heterocycles. The van der Waals surface area contributed by atoms with Gasteiger partial charge >= 0.3 is 6.03 Å². The Morgan fingerprint density at radius 3 is 2.78 bits per heavy atom. The summed E-state index contributed by atoms with van der Waals surface area (Å²) in [4.78, 5) is 11.7. The fraction of sp³-hybridized carbons (Fsp3) is 0.214. The van der Waals surface area contributed by atoms with Crippen LogP contribution in [0.2, 0.25) is 0 Å². The summed E-state index contributed by atoms with van der Waals surface area (Å²) < 4.78 is 5.13. The van der Waals surface area contributed by atoms with Gasteiger partial charge in [-0.1, -0.05) is 17.7 Å². The first-order valence-corrected chi connectivity index (χ1v) is 5.79. The van der Waals surface area contributed by atoms with Crippen LogP contribution in [-0.2, 0) is 6.54 Å². The Kier molecular flexibility index (Phi) is 3.67. The van der Waals surface area contributed by atoms with Gasteiger partial charge in [-0.25, -0.2) is 4.79 Å². The largest absolute Gasteiger partial charge is 0.467 e. The molecular formula is C14H16N2O2. The van der Waals surface area contributed by atoms with Crippen molar-refractivity contribution in [2.45, 2.75) is 20.4 Å². The average Bonchev–Trinajstić information content (AvgIpc) is 2.83. The standard InChI is InChI=1S/C14H16N2O2/c1-10-5-6-13(11(2)8-10)16-14(17)15-9-12-4-3-7-18-12/h3-8H,9H2,1-2H3,(H2,15,16,17). The number of furan rings is 1. The minimum atomic E-state index is -0.238. The van der Waals surface area contributed by atoms with Crippen LogP contribution in [0.25, 0.3) is 0 Å². The first kappa shape index (κ1) is 12.2. The van der Waals surface area contributed by atoms with Gasteiger partial charge in [0, 0.05) is 5.69 Å². The van der Waals surface area contributed by atoms with Crippen LogP contribution in [0.1, 0.15) is 16.9 Å². The molecule has 2 rings (SSSR count). The predicted molar refractivity (Wildman–Crippen MR) is 70.5 cm³/mol. The Morgan fingerprint density at radius 2 is 2.11 bits per heavy atom. The maximum atomic E-state index is 11.7. The van der Waals surface area contributed by atoms with E-state index in [9.17, 15) is 4.79 Å². The average molecular weight is 244 g/mol. The van der Waals surface area contributed by atoms with Gasteiger partial charge in [0.05, 0.1) is 12.8 Å². The number of hydrogen-bond acceptors (Lipinski definition) is 2. The number of hydrogen-bond donors (Lipinski definition) is 2. The lowest BCUT2D eigenvalue weighted by Crippen LogP contribution is -2.28. The molecule has 0 saturated carbocycles. The van der Waals surface area contributed by atoms with Crippen molar-refractivity contribution in [3.8, 4) is 0 Å². The summed E-state index contributed by atoms with van der Waals surface area (Å²) in [6, 6.07) is 9.27. The zero-order valence-electron chi connectivity index (χ0n) is 10.5. The van der Waals surface area contributed by atoms with Gasteiger partial charge in [-0.2, -0.15) is 0 Å². The quantitative estimate of drug-likeness (QED) is 0.871. The van der Waals surface area contributed by atoms with E-state index in [0.717, 1.165) is 17.0 Å². The van der Waals surface area contributed by atoms with E-state index < -0.39 is 0 Å². The molecule has 1 heterocycles. The summed E-state index contributed by atoms with van der Waals surface area (Å²) in [6.45, 7) is 4.37. The molecular weight excluding hydrogens is 228 g/mol. The molecule has 0 fully saturated rings. The molecule has 2 aromatic rings. The lowest BCUT2D eigenvalue weighted by atomic mass is 10.1. The van der Waals surface area contributed by atoms with E-state index in [2.05, 4.69) is 10.6 Å². The minimum absolute atomic E-state index is 0.238. The lowest BCUT2D eigenvalue weighted by Gasteiger charge is -2.09. The highest BCUT2D eigenvalue weighted by Crippen LogP contribution is 2.15. The molecule has 94 valence electrons. The van der Waals surface area contributed by atoms with Crippen molar-refractivity contribution < 1.29 is 9.21 Å². The lowest BCUT2D eigenvalue weighted by molar-refractivity contribution is 0.251. The highest BCUT2D eigenvalue weighted by atomic mass is 16.3. The highest BCUT2D eigenvalue weighted by Gasteiger charge is 2.04. The van der Waals surface area contributed by atoms with Gasteiger partial charge in [-0.05, 0) is 37.6 Å². The van der Waals surface area contributed by atoms with E-state index in [-0.39, 0.29) is 6.03 Å². The summed E-state index contributed by atoms with van der Waals surface area (Å²) in [6.07, 6.45) is 1.58. The maximum absolute atomic E-state index is 11.7. The number of nitrogens with one attached hydrogen (secondary N) is 2. The van der Waals surface area contributed by atoms with Crippen LogP contribution in [0, 0.1) is 13.8 Å². The molecule has 4 heteroatoms. The van der Waals surface area contributed by atoms with Gasteiger partial charge in [0.1, 0.15) is 5.76 Å². The number of urea groups is 1. The Labute approximate surface area is 106 Å². The zero-order valence-corrected chi connectivity index (χ0v) is 10.5. The number of anilines is 1. The number of aryl methyl sites for hydroxylation is 2. The Bertz CT molecular complexity index is 533. The van der Waals surface area contributed by atoms with Crippen LogP contribution >= 0.6 is 0 Å². The van der Waals surface area contributed by atoms with Gasteiger partial charge in [0.25, 0.3) is 0 Å². The number of benzene rings is 1. The van der Waals surface area contributed by atoms with E-state index >= 15 is 0 Å². The minimum Gasteiger partial charge on any atom is -0.467 e. The van der Waals surface area contributed by atoms with Crippen molar-refractivity contribution in [1.82, 2.24) is 5.32 Å². The zero-order chi connectivity index (χ0) is 13.0. The summed E-state index contributed by atoms with van der Waals surface area (Å²) >= 11 is 0. The highest BCUT2D eigenvalue weighted by molar-refractivity contribution is 5.90. The predicted octanol–water partition coefficient (Wildman–Crippen LogP) is 3.22. The summed E-state index contributed by atoms with van der Waals surface area (Å²) in [5.41, 5.74) is 3.04. The van der Waals surface area contributed by atoms with Crippen LogP contribution in [0.3, 0.4) is 0 Å². The summed E-state index contributed by atoms with van der Waals surface area (Å²) in [7, 11) is 0. The second-order valence-corrected chi connectivity index (χ2v) is 4.21. The van der Waals surface area contributed by atoms with E-state index in [1.165, 1.54) is 5.56 Å². The van der Waals surface area contributed by atoms with Gasteiger partial charge < -0.3 is 15.1 Å². The van der Waals surface area contributed by atoms with Gasteiger partial charge in [0.15, 0.2) is 0 Å². The van der Waals surface area contributed by atoms with Crippen LogP contribution in [0.5, 0.6) is 0 Å². The maximum Gasteiger partial charge on any atom is 0.319 e. The van der Waals surface area contributed by atoms with E-state index in [1.807, 2.05) is 38.1 Å². The fourth-order valence-corrected chi connectivity index (χ4v) is 1.70. The Hall–Kier alpha value is -2.23. The Balaban J connectivity index is 1.91. The summed E-state index contributed by atoms with van der Waals surface area (Å²) in [5, 5.41) is 5.54. The van der Waals surface area contributed by atoms with Gasteiger partial charge in [-0.3, -0.25) is 0 Å². The SMILES string of the molecule is Cc1ccc(NC(=O)NCc2ccco2)c(C)c1. The van der Waals surface area contributed by atoms with Crippen molar-refractivity contribution in [2.75, 3.05) is 5.32 Å². The van der Waals surface area contributed by atoms with Crippen LogP contribution in [0.15, 0.2) is 41.0 Å². The van der Waals surface area contributed by atoms with Crippen LogP contribution in [-0.4, -0.2) is 6.03 Å². The smallest absolute Gasteiger partial charge is 0.319 e. The molecule has 0 atom stereocenters. The molecule has 4 nitrogen and oxygen atoms in total. The van der Waals surface area contributed by atoms with Crippen molar-refractivity contribution in [3.05, 3.63) is 53.5 Å². The molecule has 0 bridgehead atoms. The molecule has 0 saturated heterocycles. The third kappa shape index (κ3) is 3.13. The third-order valence-corrected chi connectivity index (χ3v) is 2.63. The monoisotopic (exact) mass is 244 g/mol. The van der Waals surface area contributed by atoms with Crippen LogP contribution in [0.4, 0.5) is 10.5 Å². The Morgan fingerprint density at radius 1 is 1.28 bits per heavy atom. The number of amides is 2. The van der Waals surface area contributed by atoms with Gasteiger partial charge in [0.2, 0.25) is 0 Å². The molecule has 18 heavy (non-hydrogen) atoms. The molecule has 0 spiro atoms. The molecule has 0 unspecified atom stereocenters. The van der Waals surface area contributed by atoms with Crippen LogP contribution < -0.4 is 10.6 Å². The van der Waals surface area contributed by atoms with E-state index in [0.29, 0.717) is 6.54 Å². The first-order chi connectivity index (χ1) is 8.65. The van der Waals surface area contributed by atoms with Gasteiger partial charge in [-0.15, -0.1) is 0 Å². The first-order valence-electron chi connectivity index (χ1n) is 5.79. The van der Waals surface area contributed by atoms with Crippen molar-refractivity contribution in [2.24, 2.45) is 0 Å². The van der Waals surface area contributed by atoms with Crippen molar-refractivity contribution in [3.63, 3.8) is 0 Å². The number of carbonyl (C=O) groups is 1. The summed E-state index contributed by atoms with van der Waals surface area (Å²) in [5.74, 6) is 0.728. The molecule has 0 aliphatic rings. The second kappa shape index (κ2) is 5.40. The van der Waals surface area contributed by atoms with Crippen molar-refractivity contribution in [1.29, 1.82) is 0 Å². The molecule has 1 aromatic carbocycles. The topological polar surface area (TPSA) is 54.3 Å². The number of carbonyl (C=O) groups excluding carboxylic acids is 1. The van der Waals surface area contributed by atoms with E-state index in [4.69, 9.17) is 4.42 Å². The molecule has 2 N–H and O–H groups in total. The second-order valence-electron chi connectivity index (χ2n) is 4.21. The molecule has 0 radical (unpaired) electrons. The normalized spacial score (nSPS) is 10.1. The molecule has 2 amide bonds. The number of rotatable bonds is 3. The van der Waals surface area contributed by atoms with E-state index in [1.54, 1.807) is 12.3 Å². The molecule has 1 aromatic heterocycles. The molecule has 0 aliphatic carbocycles. The fourth-order valence-electron chi connectivity index (χ4n) is 1.70.